The van der Waals surface area contributed by atoms with Crippen LogP contribution < -0.4 is 11.3 Å². The van der Waals surface area contributed by atoms with Crippen molar-refractivity contribution in [2.75, 3.05) is 26.2 Å². The van der Waals surface area contributed by atoms with Crippen LogP contribution in [0.15, 0.2) is 18.2 Å². The predicted molar refractivity (Wildman–Crippen MR) is 75.6 cm³/mol. The van der Waals surface area contributed by atoms with Gasteiger partial charge in [0.05, 0.1) is 0 Å². The molecule has 0 radical (unpaired) electrons. The Bertz CT molecular complexity index is 542. The van der Waals surface area contributed by atoms with Crippen molar-refractivity contribution in [3.05, 3.63) is 35.1 Å². The average Bonchev–Trinajstić information content (AvgIpc) is 2.49. The summed E-state index contributed by atoms with van der Waals surface area (Å²) >= 11 is 0. The molecule has 1 fully saturated rings. The smallest absolute Gasteiger partial charge is 0.265 e. The van der Waals surface area contributed by atoms with E-state index in [4.69, 9.17) is 5.84 Å². The van der Waals surface area contributed by atoms with Crippen LogP contribution in [0, 0.1) is 5.82 Å². The molecule has 1 aliphatic rings. The van der Waals surface area contributed by atoms with E-state index in [0.717, 1.165) is 0 Å². The molecular weight excluding hydrogens is 275 g/mol. The Morgan fingerprint density at radius 3 is 2.52 bits per heavy atom. The third kappa shape index (κ3) is 3.77. The van der Waals surface area contributed by atoms with Gasteiger partial charge in [-0.25, -0.2) is 10.2 Å². The topological polar surface area (TPSA) is 78.7 Å². The van der Waals surface area contributed by atoms with Crippen LogP contribution in [-0.2, 0) is 11.3 Å². The summed E-state index contributed by atoms with van der Waals surface area (Å²) in [6, 6.07) is 4.18. The zero-order valence-corrected chi connectivity index (χ0v) is 11.9. The minimum atomic E-state index is -0.447. The molecule has 2 amide bonds. The van der Waals surface area contributed by atoms with E-state index in [1.165, 1.54) is 18.2 Å². The van der Waals surface area contributed by atoms with Gasteiger partial charge in [0.1, 0.15) is 5.82 Å². The van der Waals surface area contributed by atoms with E-state index in [0.29, 0.717) is 43.9 Å². The van der Waals surface area contributed by atoms with E-state index in [9.17, 15) is 14.0 Å². The maximum atomic E-state index is 13.8. The summed E-state index contributed by atoms with van der Waals surface area (Å²) in [5, 5.41) is 0. The Balaban J connectivity index is 2.03. The molecule has 1 aromatic carbocycles. The maximum Gasteiger partial charge on any atom is 0.265 e. The molecule has 21 heavy (non-hydrogen) atoms. The van der Waals surface area contributed by atoms with Crippen molar-refractivity contribution in [3.63, 3.8) is 0 Å². The van der Waals surface area contributed by atoms with Gasteiger partial charge in [0, 0.05) is 50.8 Å². The van der Waals surface area contributed by atoms with Gasteiger partial charge in [-0.05, 0) is 18.2 Å². The lowest BCUT2D eigenvalue weighted by molar-refractivity contribution is -0.130. The molecule has 1 heterocycles. The minimum absolute atomic E-state index is 0.0578. The summed E-state index contributed by atoms with van der Waals surface area (Å²) in [6.07, 6.45) is 0. The van der Waals surface area contributed by atoms with Gasteiger partial charge in [-0.15, -0.1) is 0 Å². The summed E-state index contributed by atoms with van der Waals surface area (Å²) in [5.41, 5.74) is 2.81. The van der Waals surface area contributed by atoms with Gasteiger partial charge in [0.25, 0.3) is 5.91 Å². The summed E-state index contributed by atoms with van der Waals surface area (Å²) in [4.78, 5) is 26.6. The number of carbonyl (C=O) groups is 2. The normalized spacial score (nSPS) is 15.9. The zero-order valence-electron chi connectivity index (χ0n) is 11.9. The largest absolute Gasteiger partial charge is 0.340 e. The molecule has 0 aliphatic carbocycles. The van der Waals surface area contributed by atoms with Gasteiger partial charge in [-0.3, -0.25) is 19.9 Å². The van der Waals surface area contributed by atoms with Crippen LogP contribution in [0.4, 0.5) is 4.39 Å². The molecule has 0 atom stereocenters. The number of amides is 2. The van der Waals surface area contributed by atoms with Crippen molar-refractivity contribution in [3.8, 4) is 0 Å². The lowest BCUT2D eigenvalue weighted by Crippen LogP contribution is -2.47. The highest BCUT2D eigenvalue weighted by atomic mass is 19.1. The highest BCUT2D eigenvalue weighted by molar-refractivity contribution is 5.93. The van der Waals surface area contributed by atoms with Crippen LogP contribution in [0.1, 0.15) is 22.8 Å². The first-order valence-electron chi connectivity index (χ1n) is 6.78. The fourth-order valence-corrected chi connectivity index (χ4v) is 2.38. The van der Waals surface area contributed by atoms with Gasteiger partial charge in [0.15, 0.2) is 0 Å². The van der Waals surface area contributed by atoms with Gasteiger partial charge < -0.3 is 4.90 Å². The highest BCUT2D eigenvalue weighted by Crippen LogP contribution is 2.15. The minimum Gasteiger partial charge on any atom is -0.340 e. The number of piperazine rings is 1. The number of benzene rings is 1. The van der Waals surface area contributed by atoms with E-state index in [1.807, 2.05) is 5.43 Å². The van der Waals surface area contributed by atoms with Crippen molar-refractivity contribution in [2.24, 2.45) is 5.84 Å². The van der Waals surface area contributed by atoms with E-state index >= 15 is 0 Å². The summed E-state index contributed by atoms with van der Waals surface area (Å²) in [7, 11) is 0. The predicted octanol–water partition coefficient (Wildman–Crippen LogP) is 0.0933. The van der Waals surface area contributed by atoms with E-state index in [1.54, 1.807) is 11.8 Å². The third-order valence-electron chi connectivity index (χ3n) is 3.65. The molecule has 0 saturated carbocycles. The third-order valence-corrected chi connectivity index (χ3v) is 3.65. The van der Waals surface area contributed by atoms with Crippen LogP contribution in [0.3, 0.4) is 0 Å². The SMILES string of the molecule is CC(=O)N1CCN(Cc2cc(C(=O)NN)ccc2F)CC1. The number of nitrogens with one attached hydrogen (secondary N) is 1. The number of hydrazine groups is 1. The van der Waals surface area contributed by atoms with Gasteiger partial charge in [-0.2, -0.15) is 0 Å². The van der Waals surface area contributed by atoms with Crippen molar-refractivity contribution >= 4 is 11.8 Å². The Labute approximate surface area is 122 Å². The van der Waals surface area contributed by atoms with Crippen LogP contribution in [0.25, 0.3) is 0 Å². The number of nitrogens with two attached hydrogens (primary N) is 1. The second-order valence-corrected chi connectivity index (χ2v) is 5.06. The first kappa shape index (κ1) is 15.4. The monoisotopic (exact) mass is 294 g/mol. The number of hydrogen-bond donors (Lipinski definition) is 2. The molecule has 2 rings (SSSR count). The first-order chi connectivity index (χ1) is 10.0. The summed E-state index contributed by atoms with van der Waals surface area (Å²) in [5.74, 6) is 4.34. The Morgan fingerprint density at radius 1 is 1.29 bits per heavy atom. The highest BCUT2D eigenvalue weighted by Gasteiger charge is 2.20. The van der Waals surface area contributed by atoms with Crippen molar-refractivity contribution < 1.29 is 14.0 Å². The second kappa shape index (κ2) is 6.64. The Kier molecular flexibility index (Phi) is 4.87. The molecular formula is C14H19FN4O2. The lowest BCUT2D eigenvalue weighted by atomic mass is 10.1. The average molecular weight is 294 g/mol. The molecule has 114 valence electrons. The number of hydrogen-bond acceptors (Lipinski definition) is 4. The maximum absolute atomic E-state index is 13.8. The quantitative estimate of drug-likeness (QED) is 0.470. The second-order valence-electron chi connectivity index (χ2n) is 5.06. The lowest BCUT2D eigenvalue weighted by Gasteiger charge is -2.34. The molecule has 6 nitrogen and oxygen atoms in total. The standard InChI is InChI=1S/C14H19FN4O2/c1-10(20)19-6-4-18(5-7-19)9-12-8-11(14(21)17-16)2-3-13(12)15/h2-3,8H,4-7,9,16H2,1H3,(H,17,21). The molecule has 7 heteroatoms. The molecule has 1 aliphatic heterocycles. The van der Waals surface area contributed by atoms with Gasteiger partial charge in [0.2, 0.25) is 5.91 Å². The van der Waals surface area contributed by atoms with Gasteiger partial charge >= 0.3 is 0 Å². The number of nitrogen functional groups attached to an aromatic ring is 1. The zero-order chi connectivity index (χ0) is 15.4. The fourth-order valence-electron chi connectivity index (χ4n) is 2.38. The molecule has 0 unspecified atom stereocenters. The Morgan fingerprint density at radius 2 is 1.95 bits per heavy atom. The number of carbonyl (C=O) groups excluding carboxylic acids is 2. The van der Waals surface area contributed by atoms with E-state index in [2.05, 4.69) is 4.90 Å². The molecule has 1 aromatic rings. The molecule has 3 N–H and O–H groups in total. The van der Waals surface area contributed by atoms with E-state index < -0.39 is 5.91 Å². The summed E-state index contributed by atoms with van der Waals surface area (Å²) in [6.45, 7) is 4.60. The molecule has 1 saturated heterocycles. The van der Waals surface area contributed by atoms with Crippen LogP contribution in [0.5, 0.6) is 0 Å². The van der Waals surface area contributed by atoms with E-state index in [-0.39, 0.29) is 11.7 Å². The van der Waals surface area contributed by atoms with Crippen molar-refractivity contribution in [1.82, 2.24) is 15.2 Å². The first-order valence-corrected chi connectivity index (χ1v) is 6.78. The molecule has 0 spiro atoms. The van der Waals surface area contributed by atoms with Crippen molar-refractivity contribution in [2.45, 2.75) is 13.5 Å². The van der Waals surface area contributed by atoms with Crippen LogP contribution >= 0.6 is 0 Å². The van der Waals surface area contributed by atoms with Crippen LogP contribution in [0.2, 0.25) is 0 Å². The molecule has 0 aromatic heterocycles. The fraction of sp³-hybridized carbons (Fsp3) is 0.429. The Hall–Kier alpha value is -1.99. The summed E-state index contributed by atoms with van der Waals surface area (Å²) < 4.78 is 13.8. The molecule has 0 bridgehead atoms. The number of nitrogens with zero attached hydrogens (tertiary/aromatic N) is 2. The van der Waals surface area contributed by atoms with Crippen molar-refractivity contribution in [1.29, 1.82) is 0 Å². The number of halogens is 1. The van der Waals surface area contributed by atoms with Crippen LogP contribution in [-0.4, -0.2) is 47.8 Å². The number of rotatable bonds is 3. The van der Waals surface area contributed by atoms with Gasteiger partial charge in [-0.1, -0.05) is 0 Å².